The standard InChI is InChI=1S/C10H11N3O2S/c1-13(2)10(15)6-3-4-7-9(11-6)12-8(14)5-16-7/h3-4H,5H2,1-2H3,(H,11,12,14). The monoisotopic (exact) mass is 237 g/mol. The number of carbonyl (C=O) groups is 2. The smallest absolute Gasteiger partial charge is 0.272 e. The number of aromatic nitrogens is 1. The molecule has 1 aliphatic heterocycles. The molecule has 0 aromatic carbocycles. The summed E-state index contributed by atoms with van der Waals surface area (Å²) >= 11 is 1.43. The molecule has 2 heterocycles. The van der Waals surface area contributed by atoms with Gasteiger partial charge in [-0.3, -0.25) is 9.59 Å². The molecule has 84 valence electrons. The summed E-state index contributed by atoms with van der Waals surface area (Å²) in [7, 11) is 3.33. The molecule has 0 spiro atoms. The van der Waals surface area contributed by atoms with Crippen molar-refractivity contribution in [1.29, 1.82) is 0 Å². The van der Waals surface area contributed by atoms with Crippen molar-refractivity contribution in [3.05, 3.63) is 17.8 Å². The highest BCUT2D eigenvalue weighted by Gasteiger charge is 2.19. The molecular weight excluding hydrogens is 226 g/mol. The van der Waals surface area contributed by atoms with E-state index in [-0.39, 0.29) is 11.8 Å². The van der Waals surface area contributed by atoms with Gasteiger partial charge in [0.25, 0.3) is 5.91 Å². The van der Waals surface area contributed by atoms with Gasteiger partial charge in [-0.15, -0.1) is 11.8 Å². The lowest BCUT2D eigenvalue weighted by Gasteiger charge is -2.16. The zero-order valence-corrected chi connectivity index (χ0v) is 9.80. The van der Waals surface area contributed by atoms with Gasteiger partial charge in [0, 0.05) is 14.1 Å². The van der Waals surface area contributed by atoms with Gasteiger partial charge in [-0.1, -0.05) is 0 Å². The third kappa shape index (κ3) is 2.01. The van der Waals surface area contributed by atoms with E-state index in [1.54, 1.807) is 20.2 Å². The molecule has 1 N–H and O–H groups in total. The molecule has 0 saturated heterocycles. The van der Waals surface area contributed by atoms with Crippen LogP contribution in [0.15, 0.2) is 17.0 Å². The third-order valence-corrected chi connectivity index (χ3v) is 3.15. The highest BCUT2D eigenvalue weighted by Crippen LogP contribution is 2.29. The fraction of sp³-hybridized carbons (Fsp3) is 0.300. The van der Waals surface area contributed by atoms with Crippen molar-refractivity contribution in [2.45, 2.75) is 4.90 Å². The van der Waals surface area contributed by atoms with Crippen molar-refractivity contribution in [2.75, 3.05) is 25.2 Å². The normalized spacial score (nSPS) is 14.0. The number of amides is 2. The molecule has 2 amide bonds. The molecule has 0 unspecified atom stereocenters. The Hall–Kier alpha value is -1.56. The van der Waals surface area contributed by atoms with E-state index in [0.29, 0.717) is 17.3 Å². The molecule has 1 aromatic rings. The first-order valence-corrected chi connectivity index (χ1v) is 5.72. The van der Waals surface area contributed by atoms with Gasteiger partial charge in [0.2, 0.25) is 5.91 Å². The Kier molecular flexibility index (Phi) is 2.82. The minimum absolute atomic E-state index is 0.0838. The van der Waals surface area contributed by atoms with Gasteiger partial charge in [-0.25, -0.2) is 4.98 Å². The second-order valence-electron chi connectivity index (χ2n) is 3.58. The fourth-order valence-electron chi connectivity index (χ4n) is 1.31. The van der Waals surface area contributed by atoms with Gasteiger partial charge in [0.05, 0.1) is 10.6 Å². The highest BCUT2D eigenvalue weighted by molar-refractivity contribution is 8.00. The van der Waals surface area contributed by atoms with Crippen LogP contribution in [0.5, 0.6) is 0 Å². The summed E-state index contributed by atoms with van der Waals surface area (Å²) in [6, 6.07) is 3.48. The molecule has 0 aliphatic carbocycles. The number of thioether (sulfide) groups is 1. The Bertz CT molecular complexity index is 459. The molecule has 2 rings (SSSR count). The second-order valence-corrected chi connectivity index (χ2v) is 4.60. The van der Waals surface area contributed by atoms with Gasteiger partial charge < -0.3 is 10.2 Å². The molecule has 5 nitrogen and oxygen atoms in total. The quantitative estimate of drug-likeness (QED) is 0.785. The predicted octanol–water partition coefficient (Wildman–Crippen LogP) is 0.828. The van der Waals surface area contributed by atoms with Gasteiger partial charge in [-0.2, -0.15) is 0 Å². The van der Waals surface area contributed by atoms with E-state index in [2.05, 4.69) is 10.3 Å². The Morgan fingerprint density at radius 2 is 2.25 bits per heavy atom. The van der Waals surface area contributed by atoms with E-state index in [9.17, 15) is 9.59 Å². The maximum absolute atomic E-state index is 11.7. The zero-order valence-electron chi connectivity index (χ0n) is 8.98. The molecule has 0 radical (unpaired) electrons. The van der Waals surface area contributed by atoms with Crippen LogP contribution in [0.25, 0.3) is 0 Å². The van der Waals surface area contributed by atoms with E-state index in [1.807, 2.05) is 6.07 Å². The summed E-state index contributed by atoms with van der Waals surface area (Å²) < 4.78 is 0. The van der Waals surface area contributed by atoms with Crippen LogP contribution in [0.4, 0.5) is 5.82 Å². The van der Waals surface area contributed by atoms with Crippen molar-refractivity contribution >= 4 is 29.4 Å². The summed E-state index contributed by atoms with van der Waals surface area (Å²) in [5.74, 6) is 0.622. The Morgan fingerprint density at radius 1 is 1.50 bits per heavy atom. The SMILES string of the molecule is CN(C)C(=O)c1ccc2c(n1)NC(=O)CS2. The molecule has 0 bridgehead atoms. The molecule has 0 saturated carbocycles. The average Bonchev–Trinajstić information content (AvgIpc) is 2.26. The second kappa shape index (κ2) is 4.13. The van der Waals surface area contributed by atoms with E-state index in [4.69, 9.17) is 0 Å². The minimum Gasteiger partial charge on any atom is -0.343 e. The van der Waals surface area contributed by atoms with Crippen LogP contribution in [0.1, 0.15) is 10.5 Å². The van der Waals surface area contributed by atoms with E-state index < -0.39 is 0 Å². The van der Waals surface area contributed by atoms with Crippen molar-refractivity contribution in [2.24, 2.45) is 0 Å². The molecule has 1 aromatic heterocycles. The number of nitrogens with one attached hydrogen (secondary N) is 1. The Morgan fingerprint density at radius 3 is 2.94 bits per heavy atom. The van der Waals surface area contributed by atoms with Crippen LogP contribution in [0, 0.1) is 0 Å². The van der Waals surface area contributed by atoms with Crippen LogP contribution in [-0.4, -0.2) is 41.5 Å². The van der Waals surface area contributed by atoms with Crippen molar-refractivity contribution in [1.82, 2.24) is 9.88 Å². The summed E-state index contributed by atoms with van der Waals surface area (Å²) in [5, 5.41) is 2.65. The van der Waals surface area contributed by atoms with Crippen LogP contribution in [0.3, 0.4) is 0 Å². The number of nitrogens with zero attached hydrogens (tertiary/aromatic N) is 2. The largest absolute Gasteiger partial charge is 0.343 e. The van der Waals surface area contributed by atoms with Crippen molar-refractivity contribution < 1.29 is 9.59 Å². The maximum Gasteiger partial charge on any atom is 0.272 e. The molecule has 1 aliphatic rings. The third-order valence-electron chi connectivity index (χ3n) is 2.10. The number of hydrogen-bond acceptors (Lipinski definition) is 4. The van der Waals surface area contributed by atoms with Gasteiger partial charge in [0.1, 0.15) is 11.5 Å². The number of rotatable bonds is 1. The van der Waals surface area contributed by atoms with Gasteiger partial charge >= 0.3 is 0 Å². The summed E-state index contributed by atoms with van der Waals surface area (Å²) in [6.07, 6.45) is 0. The summed E-state index contributed by atoms with van der Waals surface area (Å²) in [6.45, 7) is 0. The maximum atomic E-state index is 11.7. The lowest BCUT2D eigenvalue weighted by molar-refractivity contribution is -0.113. The summed E-state index contributed by atoms with van der Waals surface area (Å²) in [4.78, 5) is 29.3. The lowest BCUT2D eigenvalue weighted by Crippen LogP contribution is -2.25. The fourth-order valence-corrected chi connectivity index (χ4v) is 2.07. The summed E-state index contributed by atoms with van der Waals surface area (Å²) in [5.41, 5.74) is 0.339. The first-order valence-electron chi connectivity index (χ1n) is 4.73. The molecule has 16 heavy (non-hydrogen) atoms. The molecule has 0 atom stereocenters. The molecule has 0 fully saturated rings. The van der Waals surface area contributed by atoms with Crippen LogP contribution < -0.4 is 5.32 Å². The molecular formula is C10H11N3O2S. The van der Waals surface area contributed by atoms with Crippen molar-refractivity contribution in [3.63, 3.8) is 0 Å². The van der Waals surface area contributed by atoms with Crippen molar-refractivity contribution in [3.8, 4) is 0 Å². The topological polar surface area (TPSA) is 62.3 Å². The van der Waals surface area contributed by atoms with E-state index in [1.165, 1.54) is 16.7 Å². The number of carbonyl (C=O) groups excluding carboxylic acids is 2. The Labute approximate surface area is 97.2 Å². The average molecular weight is 237 g/mol. The van der Waals surface area contributed by atoms with Gasteiger partial charge in [-0.05, 0) is 12.1 Å². The number of pyridine rings is 1. The Balaban J connectivity index is 2.35. The zero-order chi connectivity index (χ0) is 11.7. The lowest BCUT2D eigenvalue weighted by atomic mass is 10.3. The van der Waals surface area contributed by atoms with Crippen LogP contribution >= 0.6 is 11.8 Å². The van der Waals surface area contributed by atoms with Crippen LogP contribution in [-0.2, 0) is 4.79 Å². The van der Waals surface area contributed by atoms with E-state index >= 15 is 0 Å². The first kappa shape index (κ1) is 10.9. The first-order chi connectivity index (χ1) is 7.58. The number of hydrogen-bond donors (Lipinski definition) is 1. The van der Waals surface area contributed by atoms with E-state index in [0.717, 1.165) is 4.90 Å². The van der Waals surface area contributed by atoms with Crippen LogP contribution in [0.2, 0.25) is 0 Å². The number of anilines is 1. The predicted molar refractivity (Wildman–Crippen MR) is 61.6 cm³/mol. The minimum atomic E-state index is -0.173. The number of fused-ring (bicyclic) bond motifs is 1. The highest BCUT2D eigenvalue weighted by atomic mass is 32.2. The molecule has 6 heteroatoms. The van der Waals surface area contributed by atoms with Gasteiger partial charge in [0.15, 0.2) is 0 Å².